The summed E-state index contributed by atoms with van der Waals surface area (Å²) in [6.45, 7) is 4.32. The zero-order valence-corrected chi connectivity index (χ0v) is 58.0. The van der Waals surface area contributed by atoms with Gasteiger partial charge >= 0.3 is 5.97 Å². The lowest BCUT2D eigenvalue weighted by atomic mass is 9.99. The highest BCUT2D eigenvalue weighted by molar-refractivity contribution is 5.76. The van der Waals surface area contributed by atoms with E-state index in [1.54, 1.807) is 6.08 Å². The van der Waals surface area contributed by atoms with Gasteiger partial charge in [-0.15, -0.1) is 0 Å². The van der Waals surface area contributed by atoms with Crippen LogP contribution in [0.15, 0.2) is 24.3 Å². The summed E-state index contributed by atoms with van der Waals surface area (Å²) in [4.78, 5) is 25.1. The van der Waals surface area contributed by atoms with Gasteiger partial charge in [0.1, 0.15) is 24.4 Å². The number of rotatable bonds is 69. The molecule has 0 aromatic heterocycles. The molecule has 1 amide bonds. The van der Waals surface area contributed by atoms with Gasteiger partial charge in [-0.25, -0.2) is 0 Å². The third-order valence-electron chi connectivity index (χ3n) is 18.6. The minimum Gasteiger partial charge on any atom is -0.466 e. The Kier molecular flexibility index (Phi) is 63.7. The molecule has 0 bridgehead atoms. The van der Waals surface area contributed by atoms with E-state index in [1.165, 1.54) is 315 Å². The standard InChI is InChI=1S/C77H147NO10/c1-3-5-7-9-11-13-14-45-49-53-57-61-65-73(82)86-66-62-58-54-50-46-43-41-39-37-35-33-31-29-27-25-23-21-19-17-15-16-18-20-22-24-26-28-30-32-34-36-38-40-42-44-48-52-56-60-64-72(81)78-69(70(80)63-59-55-51-47-12-10-8-6-4-2)68-87-77-76(85)75(84)74(83)71(67-79)88-77/h12,47,59,63,69-71,74-77,79-80,83-85H,3-11,13-46,48-58,60-62,64-68H2,1-2H3,(H,78,81)/b47-12+,63-59+. The first-order chi connectivity index (χ1) is 43.2. The highest BCUT2D eigenvalue weighted by atomic mass is 16.7. The molecule has 0 radical (unpaired) electrons. The van der Waals surface area contributed by atoms with Crippen LogP contribution in [0.2, 0.25) is 0 Å². The molecular weight excluding hydrogens is 1100 g/mol. The third kappa shape index (κ3) is 54.7. The van der Waals surface area contributed by atoms with Crippen LogP contribution in [0.5, 0.6) is 0 Å². The summed E-state index contributed by atoms with van der Waals surface area (Å²) in [5.74, 6) is -0.167. The highest BCUT2D eigenvalue weighted by Crippen LogP contribution is 2.24. The van der Waals surface area contributed by atoms with E-state index in [0.29, 0.717) is 19.4 Å². The minimum atomic E-state index is -1.57. The van der Waals surface area contributed by atoms with Crippen LogP contribution in [0.4, 0.5) is 0 Å². The van der Waals surface area contributed by atoms with Crippen molar-refractivity contribution in [3.63, 3.8) is 0 Å². The summed E-state index contributed by atoms with van der Waals surface area (Å²) in [6.07, 6.45) is 75.3. The van der Waals surface area contributed by atoms with Gasteiger partial charge in [0.15, 0.2) is 6.29 Å². The van der Waals surface area contributed by atoms with Crippen LogP contribution in [0, 0.1) is 0 Å². The number of hydrogen-bond acceptors (Lipinski definition) is 10. The Hall–Kier alpha value is -1.86. The monoisotopic (exact) mass is 1250 g/mol. The van der Waals surface area contributed by atoms with Crippen LogP contribution < -0.4 is 5.32 Å². The molecular formula is C77H147NO10. The van der Waals surface area contributed by atoms with Gasteiger partial charge in [-0.3, -0.25) is 9.59 Å². The lowest BCUT2D eigenvalue weighted by molar-refractivity contribution is -0.302. The first-order valence-corrected chi connectivity index (χ1v) is 38.6. The maximum atomic E-state index is 13.0. The molecule has 11 nitrogen and oxygen atoms in total. The number of nitrogens with one attached hydrogen (secondary N) is 1. The van der Waals surface area contributed by atoms with Crippen LogP contribution in [-0.2, 0) is 23.8 Å². The lowest BCUT2D eigenvalue weighted by Crippen LogP contribution is -2.60. The number of allylic oxidation sites excluding steroid dienone is 3. The fourth-order valence-electron chi connectivity index (χ4n) is 12.5. The van der Waals surface area contributed by atoms with E-state index in [9.17, 15) is 35.1 Å². The Balaban J connectivity index is 1.84. The van der Waals surface area contributed by atoms with Crippen LogP contribution in [0.3, 0.4) is 0 Å². The molecule has 11 heteroatoms. The summed E-state index contributed by atoms with van der Waals surface area (Å²) in [6, 6.07) is -0.821. The first-order valence-electron chi connectivity index (χ1n) is 38.6. The van der Waals surface area contributed by atoms with Gasteiger partial charge in [-0.2, -0.15) is 0 Å². The zero-order valence-electron chi connectivity index (χ0n) is 58.0. The van der Waals surface area contributed by atoms with Crippen molar-refractivity contribution in [2.75, 3.05) is 19.8 Å². The fourth-order valence-corrected chi connectivity index (χ4v) is 12.5. The second-order valence-electron chi connectivity index (χ2n) is 27.1. The molecule has 1 saturated heterocycles. The molecule has 1 heterocycles. The number of aliphatic hydroxyl groups is 5. The smallest absolute Gasteiger partial charge is 0.305 e. The van der Waals surface area contributed by atoms with Gasteiger partial charge in [-0.05, 0) is 44.9 Å². The number of hydrogen-bond donors (Lipinski definition) is 6. The number of carbonyl (C=O) groups excluding carboxylic acids is 2. The average molecular weight is 1250 g/mol. The second-order valence-corrected chi connectivity index (χ2v) is 27.1. The largest absolute Gasteiger partial charge is 0.466 e. The number of aliphatic hydroxyl groups excluding tert-OH is 5. The summed E-state index contributed by atoms with van der Waals surface area (Å²) in [7, 11) is 0. The molecule has 520 valence electrons. The number of esters is 1. The molecule has 1 fully saturated rings. The van der Waals surface area contributed by atoms with E-state index in [0.717, 1.165) is 51.4 Å². The minimum absolute atomic E-state index is 0.0195. The first kappa shape index (κ1) is 84.2. The molecule has 0 spiro atoms. The van der Waals surface area contributed by atoms with Crippen molar-refractivity contribution in [2.45, 2.75) is 436 Å². The van der Waals surface area contributed by atoms with E-state index in [-0.39, 0.29) is 18.5 Å². The molecule has 7 atom stereocenters. The van der Waals surface area contributed by atoms with Crippen molar-refractivity contribution < 1.29 is 49.3 Å². The number of unbranched alkanes of at least 4 members (excludes halogenated alkanes) is 53. The molecule has 88 heavy (non-hydrogen) atoms. The van der Waals surface area contributed by atoms with Crippen LogP contribution in [0.25, 0.3) is 0 Å². The van der Waals surface area contributed by atoms with Crippen molar-refractivity contribution in [1.29, 1.82) is 0 Å². The van der Waals surface area contributed by atoms with Crippen LogP contribution in [0.1, 0.15) is 393 Å². The summed E-state index contributed by atoms with van der Waals surface area (Å²) >= 11 is 0. The van der Waals surface area contributed by atoms with Gasteiger partial charge in [0, 0.05) is 12.8 Å². The molecule has 6 N–H and O–H groups in total. The van der Waals surface area contributed by atoms with Crippen molar-refractivity contribution >= 4 is 11.9 Å². The van der Waals surface area contributed by atoms with E-state index in [2.05, 4.69) is 31.3 Å². The number of amides is 1. The van der Waals surface area contributed by atoms with Crippen LogP contribution in [-0.4, -0.2) is 100 Å². The molecule has 0 aromatic rings. The summed E-state index contributed by atoms with van der Waals surface area (Å²) < 4.78 is 16.7. The predicted octanol–water partition coefficient (Wildman–Crippen LogP) is 20.4. The molecule has 1 rings (SSSR count). The molecule has 1 aliphatic heterocycles. The van der Waals surface area contributed by atoms with Gasteiger partial charge in [0.25, 0.3) is 0 Å². The van der Waals surface area contributed by atoms with Gasteiger partial charge in [-0.1, -0.05) is 359 Å². The topological polar surface area (TPSA) is 175 Å². The molecule has 0 aromatic carbocycles. The van der Waals surface area contributed by atoms with E-state index >= 15 is 0 Å². The Morgan fingerprint density at radius 2 is 0.739 bits per heavy atom. The number of carbonyl (C=O) groups is 2. The predicted molar refractivity (Wildman–Crippen MR) is 371 cm³/mol. The second kappa shape index (κ2) is 66.6. The summed E-state index contributed by atoms with van der Waals surface area (Å²) in [5, 5.41) is 54.3. The van der Waals surface area contributed by atoms with Gasteiger partial charge < -0.3 is 45.1 Å². The maximum absolute atomic E-state index is 13.0. The van der Waals surface area contributed by atoms with E-state index in [4.69, 9.17) is 14.2 Å². The quantitative estimate of drug-likeness (QED) is 0.0195. The molecule has 0 aliphatic carbocycles. The Bertz CT molecular complexity index is 1510. The van der Waals surface area contributed by atoms with Crippen LogP contribution >= 0.6 is 0 Å². The number of ether oxygens (including phenoxy) is 3. The van der Waals surface area contributed by atoms with Gasteiger partial charge in [0.05, 0.1) is 32.0 Å². The van der Waals surface area contributed by atoms with Crippen molar-refractivity contribution in [1.82, 2.24) is 5.32 Å². The average Bonchev–Trinajstić information content (AvgIpc) is 2.69. The van der Waals surface area contributed by atoms with E-state index in [1.807, 2.05) is 6.08 Å². The van der Waals surface area contributed by atoms with Crippen molar-refractivity contribution in [2.24, 2.45) is 0 Å². The summed E-state index contributed by atoms with van der Waals surface area (Å²) in [5.41, 5.74) is 0. The Morgan fingerprint density at radius 1 is 0.409 bits per heavy atom. The fraction of sp³-hybridized carbons (Fsp3) is 0.922. The molecule has 1 aliphatic rings. The highest BCUT2D eigenvalue weighted by Gasteiger charge is 2.44. The van der Waals surface area contributed by atoms with Crippen molar-refractivity contribution in [3.8, 4) is 0 Å². The Labute approximate surface area is 543 Å². The molecule has 0 saturated carbocycles. The normalized spacial score (nSPS) is 17.8. The van der Waals surface area contributed by atoms with E-state index < -0.39 is 49.5 Å². The van der Waals surface area contributed by atoms with Crippen molar-refractivity contribution in [3.05, 3.63) is 24.3 Å². The Morgan fingerprint density at radius 3 is 1.12 bits per heavy atom. The lowest BCUT2D eigenvalue weighted by Gasteiger charge is -2.40. The van der Waals surface area contributed by atoms with Gasteiger partial charge in [0.2, 0.25) is 5.91 Å². The zero-order chi connectivity index (χ0) is 63.7. The molecule has 7 unspecified atom stereocenters. The maximum Gasteiger partial charge on any atom is 0.305 e. The third-order valence-corrected chi connectivity index (χ3v) is 18.6. The SMILES string of the molecule is CCCCC/C=C/CC/C=C/C(O)C(COC1OC(CO)C(O)C(O)C1O)NC(=O)CCCCCCCCCCCCCCCCCCCCCCCCCCCCCCCCCCCCCCCCCOC(=O)CCCCCCCCCCCCCC.